The van der Waals surface area contributed by atoms with Gasteiger partial charge in [0.1, 0.15) is 0 Å². The Labute approximate surface area is 405 Å². The normalized spacial score (nSPS) is 13.0. The largest absolute Gasteiger partial charge is 4.00 e. The Bertz CT molecular complexity index is 3140. The maximum atomic E-state index is 6.68. The van der Waals surface area contributed by atoms with Crippen LogP contribution in [0.15, 0.2) is 164 Å². The third-order valence-corrected chi connectivity index (χ3v) is 12.7. The van der Waals surface area contributed by atoms with Gasteiger partial charge in [-0.05, 0) is 62.1 Å². The number of anilines is 4. The van der Waals surface area contributed by atoms with E-state index in [9.17, 15) is 0 Å². The van der Waals surface area contributed by atoms with Crippen molar-refractivity contribution < 1.29 is 25.8 Å². The Morgan fingerprint density at radius 2 is 1.03 bits per heavy atom. The fourth-order valence-electron chi connectivity index (χ4n) is 9.04. The topological polar surface area (TPSA) is 20.6 Å². The minimum absolute atomic E-state index is 0. The Morgan fingerprint density at radius 1 is 0.470 bits per heavy atom. The van der Waals surface area contributed by atoms with Crippen molar-refractivity contribution in [1.29, 1.82) is 0 Å². The average molecular weight is 1040 g/mol. The van der Waals surface area contributed by atoms with Crippen LogP contribution in [-0.4, -0.2) is 4.57 Å². The molecule has 0 bridgehead atoms. The molecule has 9 aromatic rings. The van der Waals surface area contributed by atoms with Gasteiger partial charge in [-0.2, -0.15) is 35.9 Å². The summed E-state index contributed by atoms with van der Waals surface area (Å²) in [6, 6.07) is 69.5. The van der Waals surface area contributed by atoms with Crippen LogP contribution in [0.1, 0.15) is 79.0 Å². The minimum Gasteiger partial charge on any atom is -0.509 e. The summed E-state index contributed by atoms with van der Waals surface area (Å²) >= 11 is 0. The van der Waals surface area contributed by atoms with Crippen molar-refractivity contribution >= 4 is 44.6 Å². The van der Waals surface area contributed by atoms with Crippen LogP contribution in [0.3, 0.4) is 0 Å². The summed E-state index contributed by atoms with van der Waals surface area (Å²) in [5.74, 6) is 1.22. The average Bonchev–Trinajstić information content (AvgIpc) is 3.84. The standard InChI is InChI=1S/C61H55N3O.Pt/c1-59(2,3)43-31-27-41(28-32-43)50-22-16-23-51(42-29-33-44(34-30-42)60(4,5)6)58(50)63-40-62(55-25-12-13-26-56(55)63)46-18-15-20-48(38-46)65-49-35-36-53-52-21-10-11-24-54(52)64(57(53)39-49)47-19-14-17-45(37-47)61(7,8)9;/h10-18,20-37,40H,1-9H3;/q-4;+4. The second-order valence-electron chi connectivity index (χ2n) is 20.4. The molecule has 0 saturated heterocycles. The van der Waals surface area contributed by atoms with Gasteiger partial charge in [-0.25, -0.2) is 0 Å². The molecule has 4 nitrogen and oxygen atoms in total. The number of fused-ring (bicyclic) bond motifs is 4. The molecule has 1 aliphatic heterocycles. The number of rotatable bonds is 7. The van der Waals surface area contributed by atoms with E-state index < -0.39 is 0 Å². The van der Waals surface area contributed by atoms with E-state index in [-0.39, 0.29) is 37.3 Å². The van der Waals surface area contributed by atoms with Crippen molar-refractivity contribution in [3.63, 3.8) is 0 Å². The van der Waals surface area contributed by atoms with Gasteiger partial charge in [0.05, 0.1) is 0 Å². The SMILES string of the molecule is CC(C)(C)c1ccc(-c2cccc(-c3ccc(C(C)(C)C)cc3)c2N2[CH-]N(c3[c-]c(Oc4[c-]c5c(cc4)c4ccccc4n5-c4[c-]ccc(C(C)(C)C)c4)ccc3)c3ccccc32)cc1.[Pt+4]. The molecule has 0 saturated carbocycles. The van der Waals surface area contributed by atoms with Crippen LogP contribution >= 0.6 is 0 Å². The van der Waals surface area contributed by atoms with Crippen LogP contribution in [0.5, 0.6) is 11.5 Å². The third kappa shape index (κ3) is 8.37. The Kier molecular flexibility index (Phi) is 11.6. The number of hydrogen-bond acceptors (Lipinski definition) is 3. The summed E-state index contributed by atoms with van der Waals surface area (Å²) in [6.45, 7) is 22.5. The van der Waals surface area contributed by atoms with Gasteiger partial charge in [-0.3, -0.25) is 0 Å². The van der Waals surface area contributed by atoms with Gasteiger partial charge in [0.15, 0.2) is 0 Å². The molecule has 0 radical (unpaired) electrons. The van der Waals surface area contributed by atoms with Crippen LogP contribution < -0.4 is 14.5 Å². The monoisotopic (exact) mass is 1040 g/mol. The van der Waals surface area contributed by atoms with Crippen molar-refractivity contribution in [1.82, 2.24) is 4.57 Å². The fourth-order valence-corrected chi connectivity index (χ4v) is 9.04. The number of para-hydroxylation sites is 4. The van der Waals surface area contributed by atoms with Gasteiger partial charge in [-0.1, -0.05) is 171 Å². The number of benzene rings is 8. The van der Waals surface area contributed by atoms with Crippen molar-refractivity contribution in [2.75, 3.05) is 9.80 Å². The molecule has 0 N–H and O–H groups in total. The molecule has 1 aliphatic rings. The second kappa shape index (κ2) is 17.1. The molecule has 5 heteroatoms. The van der Waals surface area contributed by atoms with Gasteiger partial charge in [0, 0.05) is 45.2 Å². The number of ether oxygens (including phenoxy) is 1. The van der Waals surface area contributed by atoms with Crippen LogP contribution in [0, 0.1) is 24.9 Å². The summed E-state index contributed by atoms with van der Waals surface area (Å²) < 4.78 is 8.93. The molecule has 0 amide bonds. The summed E-state index contributed by atoms with van der Waals surface area (Å²) in [5, 5.41) is 2.27. The summed E-state index contributed by atoms with van der Waals surface area (Å²) in [5.41, 5.74) is 15.7. The molecule has 8 aromatic carbocycles. The van der Waals surface area contributed by atoms with Crippen LogP contribution in [-0.2, 0) is 37.3 Å². The van der Waals surface area contributed by atoms with Crippen molar-refractivity contribution in [3.05, 3.63) is 205 Å². The molecule has 10 rings (SSSR count). The zero-order valence-corrected chi connectivity index (χ0v) is 41.5. The van der Waals surface area contributed by atoms with Gasteiger partial charge < -0.3 is 19.1 Å². The Morgan fingerprint density at radius 3 is 1.65 bits per heavy atom. The van der Waals surface area contributed by atoms with Gasteiger partial charge >= 0.3 is 21.1 Å². The maximum absolute atomic E-state index is 6.68. The molecule has 0 unspecified atom stereocenters. The van der Waals surface area contributed by atoms with Crippen molar-refractivity contribution in [3.8, 4) is 39.4 Å². The molecule has 0 atom stereocenters. The van der Waals surface area contributed by atoms with Crippen molar-refractivity contribution in [2.24, 2.45) is 0 Å². The molecule has 66 heavy (non-hydrogen) atoms. The Balaban J connectivity index is 0.00000548. The molecule has 0 aliphatic carbocycles. The number of nitrogens with zero attached hydrogens (tertiary/aromatic N) is 3. The molecular formula is C61H55N3OPt. The van der Waals surface area contributed by atoms with Crippen molar-refractivity contribution in [2.45, 2.75) is 78.6 Å². The van der Waals surface area contributed by atoms with Gasteiger partial charge in [0.2, 0.25) is 0 Å². The van der Waals surface area contributed by atoms with E-state index >= 15 is 0 Å². The van der Waals surface area contributed by atoms with Gasteiger partial charge in [-0.15, -0.1) is 54.1 Å². The second-order valence-corrected chi connectivity index (χ2v) is 20.4. The third-order valence-electron chi connectivity index (χ3n) is 12.7. The first-order valence-corrected chi connectivity index (χ1v) is 22.7. The van der Waals surface area contributed by atoms with E-state index in [0.29, 0.717) is 11.5 Å². The molecule has 330 valence electrons. The van der Waals surface area contributed by atoms with Gasteiger partial charge in [0.25, 0.3) is 0 Å². The van der Waals surface area contributed by atoms with E-state index in [2.05, 4.69) is 241 Å². The van der Waals surface area contributed by atoms with Crippen LogP contribution in [0.25, 0.3) is 49.7 Å². The smallest absolute Gasteiger partial charge is 0.509 e. The zero-order valence-electron chi connectivity index (χ0n) is 39.2. The maximum Gasteiger partial charge on any atom is 4.00 e. The summed E-state index contributed by atoms with van der Waals surface area (Å²) in [6.07, 6.45) is 0. The van der Waals surface area contributed by atoms with E-state index in [4.69, 9.17) is 4.74 Å². The summed E-state index contributed by atoms with van der Waals surface area (Å²) in [4.78, 5) is 4.57. The quantitative estimate of drug-likeness (QED) is 0.148. The molecule has 1 aromatic heterocycles. The minimum atomic E-state index is -0.00578. The van der Waals surface area contributed by atoms with E-state index in [0.717, 1.165) is 61.4 Å². The van der Waals surface area contributed by atoms with E-state index in [1.54, 1.807) is 0 Å². The first-order chi connectivity index (χ1) is 31.1. The van der Waals surface area contributed by atoms with E-state index in [1.807, 2.05) is 24.3 Å². The van der Waals surface area contributed by atoms with Crippen LogP contribution in [0.2, 0.25) is 0 Å². The Hall–Kier alpha value is -6.35. The fraction of sp³-hybridized carbons (Fsp3) is 0.197. The zero-order chi connectivity index (χ0) is 45.3. The first-order valence-electron chi connectivity index (χ1n) is 22.7. The van der Waals surface area contributed by atoms with E-state index in [1.165, 1.54) is 27.8 Å². The first kappa shape index (κ1) is 44.8. The molecule has 0 fully saturated rings. The molecule has 2 heterocycles. The predicted molar refractivity (Wildman–Crippen MR) is 272 cm³/mol. The predicted octanol–water partition coefficient (Wildman–Crippen LogP) is 16.6. The number of hydrogen-bond donors (Lipinski definition) is 0. The summed E-state index contributed by atoms with van der Waals surface area (Å²) in [7, 11) is 0. The van der Waals surface area contributed by atoms with Crippen LogP contribution in [0.4, 0.5) is 22.7 Å². The molecule has 0 spiro atoms. The molecular weight excluding hydrogens is 986 g/mol. The number of aromatic nitrogens is 1.